The Hall–Kier alpha value is -3.54. The van der Waals surface area contributed by atoms with Crippen molar-refractivity contribution in [3.63, 3.8) is 0 Å². The number of anilines is 1. The molecule has 2 aliphatic rings. The van der Waals surface area contributed by atoms with E-state index in [1.807, 2.05) is 49.5 Å². The molecule has 4 nitrogen and oxygen atoms in total. The molecule has 0 aromatic heterocycles. The van der Waals surface area contributed by atoms with Gasteiger partial charge in [0.15, 0.2) is 11.5 Å². The smallest absolute Gasteiger partial charge is 0.175 e. The summed E-state index contributed by atoms with van der Waals surface area (Å²) in [6.45, 7) is 5.04. The van der Waals surface area contributed by atoms with Crippen LogP contribution < -0.4 is 14.8 Å². The van der Waals surface area contributed by atoms with E-state index in [1.165, 1.54) is 22.4 Å². The van der Waals surface area contributed by atoms with Crippen LogP contribution in [0, 0.1) is 12.8 Å². The van der Waals surface area contributed by atoms with Gasteiger partial charge in [0.05, 0.1) is 22.8 Å². The highest BCUT2D eigenvalue weighted by molar-refractivity contribution is 9.10. The molecule has 0 saturated carbocycles. The Morgan fingerprint density at radius 1 is 1.02 bits per heavy atom. The molecule has 1 heterocycles. The van der Waals surface area contributed by atoms with Gasteiger partial charge < -0.3 is 14.8 Å². The van der Waals surface area contributed by atoms with Gasteiger partial charge in [0.1, 0.15) is 6.61 Å². The second-order valence-corrected chi connectivity index (χ2v) is 11.9. The van der Waals surface area contributed by atoms with E-state index in [2.05, 4.69) is 82.8 Å². The van der Waals surface area contributed by atoms with Crippen molar-refractivity contribution in [2.24, 2.45) is 10.9 Å². The van der Waals surface area contributed by atoms with Crippen LogP contribution in [0.2, 0.25) is 5.02 Å². The molecule has 0 amide bonds. The summed E-state index contributed by atoms with van der Waals surface area (Å²) in [4.78, 5) is 4.76. The van der Waals surface area contributed by atoms with Gasteiger partial charge in [-0.3, -0.25) is 4.99 Å². The van der Waals surface area contributed by atoms with Gasteiger partial charge in [-0.15, -0.1) is 0 Å². The summed E-state index contributed by atoms with van der Waals surface area (Å²) < 4.78 is 12.8. The molecule has 1 aliphatic heterocycles. The van der Waals surface area contributed by atoms with Crippen molar-refractivity contribution < 1.29 is 9.47 Å². The first-order valence-electron chi connectivity index (χ1n) is 14.0. The Bertz CT molecular complexity index is 1620. The predicted molar refractivity (Wildman–Crippen MR) is 172 cm³/mol. The highest BCUT2D eigenvalue weighted by atomic mass is 79.9. The number of ether oxygens (including phenoxy) is 2. The summed E-state index contributed by atoms with van der Waals surface area (Å²) in [6.07, 6.45) is 7.67. The molecule has 6 rings (SSSR count). The average molecular weight is 628 g/mol. The Balaban J connectivity index is 1.18. The lowest BCUT2D eigenvalue weighted by Crippen LogP contribution is -2.29. The first-order chi connectivity index (χ1) is 20.0. The zero-order valence-corrected chi connectivity index (χ0v) is 25.5. The lowest BCUT2D eigenvalue weighted by atomic mass is 9.76. The minimum absolute atomic E-state index is 0.271. The molecule has 208 valence electrons. The summed E-state index contributed by atoms with van der Waals surface area (Å²) in [5.74, 6) is 2.31. The van der Waals surface area contributed by atoms with Crippen LogP contribution in [-0.2, 0) is 6.61 Å². The highest BCUT2D eigenvalue weighted by Gasteiger charge is 2.37. The number of benzene rings is 4. The van der Waals surface area contributed by atoms with Crippen LogP contribution in [0.4, 0.5) is 11.4 Å². The molecule has 1 aliphatic carbocycles. The van der Waals surface area contributed by atoms with E-state index < -0.39 is 0 Å². The normalized spacial score (nSPS) is 19.1. The molecule has 0 spiro atoms. The van der Waals surface area contributed by atoms with Crippen molar-refractivity contribution in [2.45, 2.75) is 38.8 Å². The molecule has 4 aromatic rings. The topological polar surface area (TPSA) is 42.8 Å². The molecular formula is C35H32BrClN2O2. The van der Waals surface area contributed by atoms with Crippen LogP contribution in [0.3, 0.4) is 0 Å². The quantitative estimate of drug-likeness (QED) is 0.156. The average Bonchev–Trinajstić information content (AvgIpc) is 3.46. The fraction of sp³-hybridized carbons (Fsp3) is 0.229. The van der Waals surface area contributed by atoms with Crippen LogP contribution >= 0.6 is 27.5 Å². The molecule has 3 atom stereocenters. The number of rotatable bonds is 8. The van der Waals surface area contributed by atoms with E-state index in [0.717, 1.165) is 27.7 Å². The largest absolute Gasteiger partial charge is 0.490 e. The van der Waals surface area contributed by atoms with E-state index >= 15 is 0 Å². The number of aryl methyl sites for hydroxylation is 1. The van der Waals surface area contributed by atoms with E-state index in [-0.39, 0.29) is 6.04 Å². The second kappa shape index (κ2) is 12.1. The number of hydrogen-bond acceptors (Lipinski definition) is 4. The number of halogens is 2. The fourth-order valence-electron chi connectivity index (χ4n) is 5.81. The third-order valence-corrected chi connectivity index (χ3v) is 8.56. The van der Waals surface area contributed by atoms with Crippen LogP contribution in [0.15, 0.2) is 100 Å². The maximum atomic E-state index is 6.13. The molecular weight excluding hydrogens is 596 g/mol. The van der Waals surface area contributed by atoms with Gasteiger partial charge >= 0.3 is 0 Å². The minimum atomic E-state index is 0.271. The van der Waals surface area contributed by atoms with Crippen molar-refractivity contribution in [2.75, 3.05) is 11.9 Å². The Kier molecular flexibility index (Phi) is 8.18. The summed E-state index contributed by atoms with van der Waals surface area (Å²) in [5, 5.41) is 4.51. The third kappa shape index (κ3) is 6.07. The highest BCUT2D eigenvalue weighted by Crippen LogP contribution is 2.50. The van der Waals surface area contributed by atoms with Crippen molar-refractivity contribution in [1.29, 1.82) is 0 Å². The van der Waals surface area contributed by atoms with Crippen molar-refractivity contribution in [1.82, 2.24) is 0 Å². The van der Waals surface area contributed by atoms with Crippen LogP contribution in [0.1, 0.15) is 53.1 Å². The number of aliphatic imine (C=N–C) groups is 1. The summed E-state index contributed by atoms with van der Waals surface area (Å²) in [5.41, 5.74) is 8.06. The second-order valence-electron chi connectivity index (χ2n) is 10.6. The standard InChI is InChI=1S/C35H32BrClN2O2/c1-3-40-33-19-24(18-31(36)35(33)41-21-23-6-4-7-26(37)17-23)20-38-27-13-11-25(12-14-27)34-29-9-5-8-28(29)30-16-22(2)10-15-32(30)39-34/h4-8,10-20,28-29,34,39H,3,9,21H2,1-2H3/t28-,29-,34+/m1/s1. The molecule has 0 fully saturated rings. The van der Waals surface area contributed by atoms with Gasteiger partial charge in [-0.2, -0.15) is 0 Å². The van der Waals surface area contributed by atoms with Crippen LogP contribution in [0.5, 0.6) is 11.5 Å². The lowest BCUT2D eigenvalue weighted by Gasteiger charge is -2.37. The first kappa shape index (κ1) is 27.6. The van der Waals surface area contributed by atoms with Crippen molar-refractivity contribution in [3.05, 3.63) is 128 Å². The zero-order valence-electron chi connectivity index (χ0n) is 23.1. The molecule has 6 heteroatoms. The number of hydrogen-bond donors (Lipinski definition) is 1. The molecule has 0 unspecified atom stereocenters. The maximum absolute atomic E-state index is 6.13. The summed E-state index contributed by atoms with van der Waals surface area (Å²) in [7, 11) is 0. The van der Waals surface area contributed by atoms with E-state index in [4.69, 9.17) is 26.1 Å². The summed E-state index contributed by atoms with van der Waals surface area (Å²) in [6, 6.07) is 27.2. The Morgan fingerprint density at radius 3 is 2.68 bits per heavy atom. The lowest BCUT2D eigenvalue weighted by molar-refractivity contribution is 0.267. The molecule has 1 N–H and O–H groups in total. The third-order valence-electron chi connectivity index (χ3n) is 7.74. The number of fused-ring (bicyclic) bond motifs is 3. The monoisotopic (exact) mass is 626 g/mol. The fourth-order valence-corrected chi connectivity index (χ4v) is 6.60. The van der Waals surface area contributed by atoms with Gasteiger partial charge in [-0.25, -0.2) is 0 Å². The Labute approximate surface area is 255 Å². The van der Waals surface area contributed by atoms with Gasteiger partial charge in [0.2, 0.25) is 0 Å². The van der Waals surface area contributed by atoms with Gasteiger partial charge in [-0.1, -0.05) is 65.7 Å². The van der Waals surface area contributed by atoms with Crippen molar-refractivity contribution >= 4 is 45.1 Å². The van der Waals surface area contributed by atoms with Crippen LogP contribution in [-0.4, -0.2) is 12.8 Å². The van der Waals surface area contributed by atoms with Gasteiger partial charge in [-0.05, 0) is 107 Å². The van der Waals surface area contributed by atoms with Crippen LogP contribution in [0.25, 0.3) is 0 Å². The van der Waals surface area contributed by atoms with E-state index in [9.17, 15) is 0 Å². The number of nitrogens with zero attached hydrogens (tertiary/aromatic N) is 1. The summed E-state index contributed by atoms with van der Waals surface area (Å²) >= 11 is 9.80. The minimum Gasteiger partial charge on any atom is -0.490 e. The molecule has 4 aromatic carbocycles. The van der Waals surface area contributed by atoms with E-state index in [1.54, 1.807) is 0 Å². The molecule has 0 radical (unpaired) electrons. The molecule has 0 bridgehead atoms. The predicted octanol–water partition coefficient (Wildman–Crippen LogP) is 9.97. The molecule has 41 heavy (non-hydrogen) atoms. The number of allylic oxidation sites excluding steroid dienone is 2. The first-order valence-corrected chi connectivity index (χ1v) is 15.2. The SMILES string of the molecule is CCOc1cc(C=Nc2ccc([C@@H]3Nc4ccc(C)cc4[C@@H]4C=CC[C@H]43)cc2)cc(Br)c1OCc1cccc(Cl)c1. The maximum Gasteiger partial charge on any atom is 0.175 e. The molecule has 0 saturated heterocycles. The van der Waals surface area contributed by atoms with Gasteiger partial charge in [0, 0.05) is 22.8 Å². The zero-order chi connectivity index (χ0) is 28.3. The van der Waals surface area contributed by atoms with E-state index in [0.29, 0.717) is 41.6 Å². The van der Waals surface area contributed by atoms with Gasteiger partial charge in [0.25, 0.3) is 0 Å². The van der Waals surface area contributed by atoms with Crippen molar-refractivity contribution in [3.8, 4) is 11.5 Å². The Morgan fingerprint density at radius 2 is 1.88 bits per heavy atom. The number of nitrogens with one attached hydrogen (secondary N) is 1.